The molecule has 0 aliphatic heterocycles. The van der Waals surface area contributed by atoms with Crippen LogP contribution in [0.4, 0.5) is 0 Å². The molecule has 2 N–H and O–H groups in total. The maximum absolute atomic E-state index is 12.0. The molecule has 0 bridgehead atoms. The number of imidazole rings is 1. The maximum Gasteiger partial charge on any atom is 0.331 e. The number of hydrogen-bond donors (Lipinski definition) is 2. The van der Waals surface area contributed by atoms with Crippen molar-refractivity contribution in [2.24, 2.45) is 0 Å². The molecule has 1 aromatic heterocycles. The van der Waals surface area contributed by atoms with Gasteiger partial charge in [0.05, 0.1) is 18.3 Å². The van der Waals surface area contributed by atoms with E-state index in [1.54, 1.807) is 49.6 Å². The molecule has 19 heavy (non-hydrogen) atoms. The number of nitrogens with zero attached hydrogens (tertiary/aromatic N) is 1. The van der Waals surface area contributed by atoms with Crippen molar-refractivity contribution < 1.29 is 9.84 Å². The molecule has 0 aliphatic carbocycles. The zero-order valence-corrected chi connectivity index (χ0v) is 10.3. The number of hydrogen-bond acceptors (Lipinski definition) is 3. The molecule has 96 valence electrons. The average Bonchev–Trinajstić information content (AvgIpc) is 2.76. The first-order valence-corrected chi connectivity index (χ1v) is 5.78. The minimum atomic E-state index is -0.290. The number of aromatic amines is 1. The van der Waals surface area contributed by atoms with Crippen LogP contribution in [0.1, 0.15) is 0 Å². The number of phenolic OH excluding ortho intramolecular Hbond substituents is 1. The number of aromatic nitrogens is 2. The van der Waals surface area contributed by atoms with Crippen LogP contribution in [0.25, 0.3) is 16.7 Å². The molecule has 3 rings (SSSR count). The van der Waals surface area contributed by atoms with Gasteiger partial charge in [-0.05, 0) is 36.4 Å². The largest absolute Gasteiger partial charge is 0.506 e. The lowest BCUT2D eigenvalue weighted by atomic mass is 10.2. The summed E-state index contributed by atoms with van der Waals surface area (Å²) in [5.74, 6) is 0.771. The van der Waals surface area contributed by atoms with Crippen LogP contribution in [0.5, 0.6) is 11.5 Å². The summed E-state index contributed by atoms with van der Waals surface area (Å²) in [5, 5.41) is 9.92. The molecule has 0 saturated carbocycles. The summed E-state index contributed by atoms with van der Waals surface area (Å²) in [7, 11) is 1.58. The van der Waals surface area contributed by atoms with Crippen molar-refractivity contribution in [2.75, 3.05) is 7.11 Å². The number of methoxy groups -OCH3 is 1. The Balaban J connectivity index is 2.29. The van der Waals surface area contributed by atoms with E-state index in [0.29, 0.717) is 22.5 Å². The molecular weight excluding hydrogens is 244 g/mol. The van der Waals surface area contributed by atoms with Gasteiger partial charge in [-0.1, -0.05) is 6.07 Å². The lowest BCUT2D eigenvalue weighted by Crippen LogP contribution is -2.14. The molecule has 0 amide bonds. The van der Waals surface area contributed by atoms with Crippen molar-refractivity contribution in [3.8, 4) is 17.2 Å². The molecule has 0 unspecified atom stereocenters. The Morgan fingerprint density at radius 1 is 1.16 bits per heavy atom. The van der Waals surface area contributed by atoms with Crippen molar-refractivity contribution in [1.29, 1.82) is 0 Å². The Bertz CT molecular complexity index is 785. The van der Waals surface area contributed by atoms with Gasteiger partial charge in [-0.2, -0.15) is 0 Å². The number of benzene rings is 2. The molecule has 0 fully saturated rings. The summed E-state index contributed by atoms with van der Waals surface area (Å²) in [6.07, 6.45) is 0. The molecule has 0 aliphatic rings. The number of H-pyrrole nitrogens is 1. The normalized spacial score (nSPS) is 10.8. The summed E-state index contributed by atoms with van der Waals surface area (Å²) in [6.45, 7) is 0. The Labute approximate surface area is 108 Å². The van der Waals surface area contributed by atoms with Crippen molar-refractivity contribution in [1.82, 2.24) is 9.55 Å². The highest BCUT2D eigenvalue weighted by Crippen LogP contribution is 2.25. The van der Waals surface area contributed by atoms with E-state index in [4.69, 9.17) is 4.74 Å². The predicted molar refractivity (Wildman–Crippen MR) is 72.1 cm³/mol. The van der Waals surface area contributed by atoms with Gasteiger partial charge in [0, 0.05) is 0 Å². The number of nitrogens with one attached hydrogen (secondary N) is 1. The minimum absolute atomic E-state index is 0.0617. The topological polar surface area (TPSA) is 67.2 Å². The van der Waals surface area contributed by atoms with E-state index < -0.39 is 0 Å². The zero-order chi connectivity index (χ0) is 13.4. The van der Waals surface area contributed by atoms with Gasteiger partial charge in [0.1, 0.15) is 17.0 Å². The third-order valence-electron chi connectivity index (χ3n) is 3.01. The lowest BCUT2D eigenvalue weighted by Gasteiger charge is -2.05. The second-order valence-electron chi connectivity index (χ2n) is 4.14. The Kier molecular flexibility index (Phi) is 2.52. The van der Waals surface area contributed by atoms with Crippen LogP contribution < -0.4 is 10.4 Å². The Hall–Kier alpha value is -2.69. The van der Waals surface area contributed by atoms with E-state index in [-0.39, 0.29) is 11.4 Å². The number of phenols is 1. The van der Waals surface area contributed by atoms with Gasteiger partial charge >= 0.3 is 5.69 Å². The first-order chi connectivity index (χ1) is 9.20. The average molecular weight is 256 g/mol. The number of fused-ring (bicyclic) bond motifs is 1. The second-order valence-corrected chi connectivity index (χ2v) is 4.14. The molecular formula is C14H12N2O3. The fourth-order valence-electron chi connectivity index (χ4n) is 2.12. The summed E-state index contributed by atoms with van der Waals surface area (Å²) in [5.41, 5.74) is 1.44. The first-order valence-electron chi connectivity index (χ1n) is 5.78. The van der Waals surface area contributed by atoms with Crippen molar-refractivity contribution in [2.45, 2.75) is 0 Å². The van der Waals surface area contributed by atoms with Crippen LogP contribution in [-0.2, 0) is 0 Å². The molecule has 3 aromatic rings. The SMILES string of the molecule is COc1ccc(-n2c(=O)[nH]c3cccc(O)c32)cc1. The minimum Gasteiger partial charge on any atom is -0.506 e. The predicted octanol–water partition coefficient (Wildman–Crippen LogP) is 2.03. The zero-order valence-electron chi connectivity index (χ0n) is 10.3. The third-order valence-corrected chi connectivity index (χ3v) is 3.01. The summed E-state index contributed by atoms with van der Waals surface area (Å²) >= 11 is 0. The van der Waals surface area contributed by atoms with Gasteiger partial charge in [0.15, 0.2) is 0 Å². The van der Waals surface area contributed by atoms with Crippen LogP contribution in [0.15, 0.2) is 47.3 Å². The summed E-state index contributed by atoms with van der Waals surface area (Å²) < 4.78 is 6.52. The van der Waals surface area contributed by atoms with E-state index in [1.807, 2.05) is 0 Å². The van der Waals surface area contributed by atoms with E-state index in [0.717, 1.165) is 0 Å². The molecule has 0 saturated heterocycles. The number of ether oxygens (including phenoxy) is 1. The monoisotopic (exact) mass is 256 g/mol. The highest BCUT2D eigenvalue weighted by Gasteiger charge is 2.11. The third kappa shape index (κ3) is 1.76. The Morgan fingerprint density at radius 2 is 1.89 bits per heavy atom. The molecule has 0 spiro atoms. The first kappa shape index (κ1) is 11.4. The molecule has 5 nitrogen and oxygen atoms in total. The number of aromatic hydroxyl groups is 1. The Morgan fingerprint density at radius 3 is 2.58 bits per heavy atom. The van der Waals surface area contributed by atoms with Crippen LogP contribution >= 0.6 is 0 Å². The van der Waals surface area contributed by atoms with Crippen LogP contribution in [0, 0.1) is 0 Å². The quantitative estimate of drug-likeness (QED) is 0.737. The second kappa shape index (κ2) is 4.20. The summed E-state index contributed by atoms with van der Waals surface area (Å²) in [4.78, 5) is 14.7. The van der Waals surface area contributed by atoms with Crippen molar-refractivity contribution in [3.63, 3.8) is 0 Å². The molecule has 2 aromatic carbocycles. The highest BCUT2D eigenvalue weighted by atomic mass is 16.5. The van der Waals surface area contributed by atoms with Gasteiger partial charge in [-0.25, -0.2) is 4.79 Å². The van der Waals surface area contributed by atoms with E-state index in [9.17, 15) is 9.90 Å². The standard InChI is InChI=1S/C14H12N2O3/c1-19-10-7-5-9(6-8-10)16-13-11(15-14(16)18)3-2-4-12(13)17/h2-8,17H,1H3,(H,15,18). The molecule has 5 heteroatoms. The van der Waals surface area contributed by atoms with Crippen LogP contribution in [0.2, 0.25) is 0 Å². The van der Waals surface area contributed by atoms with Gasteiger partial charge in [0.2, 0.25) is 0 Å². The molecule has 0 radical (unpaired) electrons. The van der Waals surface area contributed by atoms with Crippen molar-refractivity contribution in [3.05, 3.63) is 52.9 Å². The highest BCUT2D eigenvalue weighted by molar-refractivity contribution is 5.83. The van der Waals surface area contributed by atoms with Gasteiger partial charge < -0.3 is 14.8 Å². The van der Waals surface area contributed by atoms with Crippen LogP contribution in [0.3, 0.4) is 0 Å². The van der Waals surface area contributed by atoms with E-state index in [1.165, 1.54) is 4.57 Å². The van der Waals surface area contributed by atoms with Crippen LogP contribution in [-0.4, -0.2) is 21.8 Å². The smallest absolute Gasteiger partial charge is 0.331 e. The van der Waals surface area contributed by atoms with Gasteiger partial charge in [-0.3, -0.25) is 4.57 Å². The maximum atomic E-state index is 12.0. The van der Waals surface area contributed by atoms with Gasteiger partial charge in [0.25, 0.3) is 0 Å². The fraction of sp³-hybridized carbons (Fsp3) is 0.0714. The fourth-order valence-corrected chi connectivity index (χ4v) is 2.12. The lowest BCUT2D eigenvalue weighted by molar-refractivity contribution is 0.414. The van der Waals surface area contributed by atoms with E-state index in [2.05, 4.69) is 4.98 Å². The van der Waals surface area contributed by atoms with Gasteiger partial charge in [-0.15, -0.1) is 0 Å². The van der Waals surface area contributed by atoms with E-state index >= 15 is 0 Å². The number of para-hydroxylation sites is 1. The molecule has 0 atom stereocenters. The molecule has 1 heterocycles. The van der Waals surface area contributed by atoms with Crippen molar-refractivity contribution >= 4 is 11.0 Å². The summed E-state index contributed by atoms with van der Waals surface area (Å²) in [6, 6.07) is 12.0. The number of rotatable bonds is 2.